The third-order valence-corrected chi connectivity index (χ3v) is 3.18. The zero-order chi connectivity index (χ0) is 12.4. The minimum atomic E-state index is -1.73. The van der Waals surface area contributed by atoms with Crippen molar-refractivity contribution in [1.82, 2.24) is 0 Å². The highest BCUT2D eigenvalue weighted by atomic mass is 17.5. The number of hydrogen-bond acceptors (Lipinski definition) is 5. The van der Waals surface area contributed by atoms with Crippen LogP contribution in [0.3, 0.4) is 0 Å². The first-order valence-corrected chi connectivity index (χ1v) is 6.14. The van der Waals surface area contributed by atoms with E-state index in [0.717, 1.165) is 19.3 Å². The summed E-state index contributed by atoms with van der Waals surface area (Å²) in [7, 11) is 0. The molecule has 6 heteroatoms. The molecule has 0 atom stereocenters. The number of carboxylic acids is 1. The highest BCUT2D eigenvalue weighted by Crippen LogP contribution is 2.54. The molecule has 1 N–H and O–H groups in total. The average molecular weight is 246 g/mol. The van der Waals surface area contributed by atoms with Crippen LogP contribution in [0.25, 0.3) is 0 Å². The second-order valence-electron chi connectivity index (χ2n) is 4.53. The van der Waals surface area contributed by atoms with Crippen molar-refractivity contribution in [2.75, 3.05) is 0 Å². The molecule has 2 heterocycles. The second kappa shape index (κ2) is 4.89. The Morgan fingerprint density at radius 1 is 1.00 bits per heavy atom. The molecule has 17 heavy (non-hydrogen) atoms. The molecule has 0 aromatic heterocycles. The summed E-state index contributed by atoms with van der Waals surface area (Å²) in [6.45, 7) is 2.17. The molecular formula is C11H18O6. The van der Waals surface area contributed by atoms with Gasteiger partial charge in [0.25, 0.3) is 0 Å². The number of aliphatic carboxylic acids is 1. The lowest BCUT2D eigenvalue weighted by atomic mass is 10.0. The van der Waals surface area contributed by atoms with Crippen LogP contribution in [0.2, 0.25) is 0 Å². The number of hydrogen-bond donors (Lipinski definition) is 1. The molecule has 2 aliphatic heterocycles. The summed E-state index contributed by atoms with van der Waals surface area (Å²) in [5, 5.41) is 8.94. The van der Waals surface area contributed by atoms with E-state index < -0.39 is 17.5 Å². The Morgan fingerprint density at radius 3 is 2.06 bits per heavy atom. The summed E-state index contributed by atoms with van der Waals surface area (Å²) >= 11 is 0. The van der Waals surface area contributed by atoms with Gasteiger partial charge >= 0.3 is 17.5 Å². The summed E-state index contributed by atoms with van der Waals surface area (Å²) in [4.78, 5) is 29.6. The third-order valence-electron chi connectivity index (χ3n) is 3.18. The maximum Gasteiger partial charge on any atom is 0.386 e. The molecule has 2 saturated heterocycles. The molecule has 0 aliphatic carbocycles. The van der Waals surface area contributed by atoms with Crippen LogP contribution in [0, 0.1) is 0 Å². The molecule has 0 radical (unpaired) electrons. The smallest absolute Gasteiger partial charge is 0.386 e. The predicted octanol–water partition coefficient (Wildman–Crippen LogP) is 2.14. The number of unbranched alkanes of at least 4 members (excludes halogenated alkanes) is 5. The fourth-order valence-electron chi connectivity index (χ4n) is 1.95. The van der Waals surface area contributed by atoms with Gasteiger partial charge in [-0.05, 0) is 6.42 Å². The van der Waals surface area contributed by atoms with Crippen molar-refractivity contribution >= 4 is 5.97 Å². The van der Waals surface area contributed by atoms with E-state index in [-0.39, 0.29) is 0 Å². The molecule has 0 unspecified atom stereocenters. The Hall–Kier alpha value is -0.690. The van der Waals surface area contributed by atoms with Crippen molar-refractivity contribution in [1.29, 1.82) is 0 Å². The molecule has 6 nitrogen and oxygen atoms in total. The normalized spacial score (nSPS) is 23.4. The van der Waals surface area contributed by atoms with Crippen LogP contribution in [0.5, 0.6) is 0 Å². The van der Waals surface area contributed by atoms with E-state index in [1.54, 1.807) is 0 Å². The molecule has 0 amide bonds. The summed E-state index contributed by atoms with van der Waals surface area (Å²) in [6.07, 6.45) is 7.15. The highest BCUT2D eigenvalue weighted by Gasteiger charge is 2.82. The van der Waals surface area contributed by atoms with Crippen LogP contribution < -0.4 is 0 Å². The molecule has 0 spiro atoms. The van der Waals surface area contributed by atoms with Gasteiger partial charge in [0, 0.05) is 6.42 Å². The van der Waals surface area contributed by atoms with Gasteiger partial charge in [-0.25, -0.2) is 4.79 Å². The van der Waals surface area contributed by atoms with Crippen LogP contribution in [0.4, 0.5) is 0 Å². The van der Waals surface area contributed by atoms with Crippen molar-refractivity contribution in [3.05, 3.63) is 0 Å². The lowest BCUT2D eigenvalue weighted by Crippen LogP contribution is -2.40. The highest BCUT2D eigenvalue weighted by molar-refractivity contribution is 5.78. The Kier molecular flexibility index (Phi) is 3.67. The Labute approximate surface area is 99.6 Å². The van der Waals surface area contributed by atoms with Crippen LogP contribution in [-0.2, 0) is 24.3 Å². The molecule has 0 aromatic rings. The fourth-order valence-corrected chi connectivity index (χ4v) is 1.95. The van der Waals surface area contributed by atoms with Gasteiger partial charge in [-0.1, -0.05) is 39.0 Å². The van der Waals surface area contributed by atoms with Crippen molar-refractivity contribution < 1.29 is 29.5 Å². The zero-order valence-corrected chi connectivity index (χ0v) is 9.94. The van der Waals surface area contributed by atoms with E-state index in [4.69, 9.17) is 14.9 Å². The fraction of sp³-hybridized carbons (Fsp3) is 0.909. The minimum Gasteiger partial charge on any atom is -0.477 e. The van der Waals surface area contributed by atoms with Gasteiger partial charge in [-0.3, -0.25) is 0 Å². The topological polar surface area (TPSA) is 87.4 Å². The lowest BCUT2D eigenvalue weighted by molar-refractivity contribution is -0.148. The van der Waals surface area contributed by atoms with Crippen LogP contribution >= 0.6 is 0 Å². The summed E-state index contributed by atoms with van der Waals surface area (Å²) in [5.41, 5.74) is 0. The first-order valence-electron chi connectivity index (χ1n) is 6.14. The number of rotatable bonds is 9. The summed E-state index contributed by atoms with van der Waals surface area (Å²) in [6, 6.07) is 0. The van der Waals surface area contributed by atoms with E-state index >= 15 is 0 Å². The van der Waals surface area contributed by atoms with Crippen molar-refractivity contribution in [3.8, 4) is 0 Å². The van der Waals surface area contributed by atoms with Crippen molar-refractivity contribution in [2.24, 2.45) is 0 Å². The van der Waals surface area contributed by atoms with Gasteiger partial charge in [-0.2, -0.15) is 19.6 Å². The first-order chi connectivity index (χ1) is 8.17. The molecule has 0 saturated carbocycles. The van der Waals surface area contributed by atoms with Crippen molar-refractivity contribution in [2.45, 2.75) is 63.4 Å². The van der Waals surface area contributed by atoms with Gasteiger partial charge in [0.2, 0.25) is 0 Å². The quantitative estimate of drug-likeness (QED) is 0.381. The zero-order valence-electron chi connectivity index (χ0n) is 9.94. The Morgan fingerprint density at radius 2 is 1.59 bits per heavy atom. The van der Waals surface area contributed by atoms with E-state index in [9.17, 15) is 4.79 Å². The standard InChI is InChI=1S/C11H18O6/c1-2-3-4-5-6-7-8-10(14-15-10)11(9(12)13)16-17-11/h2-8H2,1H3,(H,12,13). The van der Waals surface area contributed by atoms with Gasteiger partial charge in [0.1, 0.15) is 0 Å². The molecule has 2 fully saturated rings. The largest absolute Gasteiger partial charge is 0.477 e. The monoisotopic (exact) mass is 246 g/mol. The first kappa shape index (κ1) is 12.8. The predicted molar refractivity (Wildman–Crippen MR) is 55.4 cm³/mol. The molecule has 0 aromatic carbocycles. The molecule has 98 valence electrons. The maximum atomic E-state index is 10.9. The molecule has 0 bridgehead atoms. The maximum absolute atomic E-state index is 10.9. The van der Waals surface area contributed by atoms with E-state index in [0.29, 0.717) is 6.42 Å². The van der Waals surface area contributed by atoms with Gasteiger partial charge < -0.3 is 5.11 Å². The molecular weight excluding hydrogens is 228 g/mol. The summed E-state index contributed by atoms with van der Waals surface area (Å²) in [5.74, 6) is -4.15. The Bertz CT molecular complexity index is 282. The average Bonchev–Trinajstić information content (AvgIpc) is 3.15. The minimum absolute atomic E-state index is 0.478. The van der Waals surface area contributed by atoms with Gasteiger partial charge in [-0.15, -0.1) is 0 Å². The number of carbonyl (C=O) groups is 1. The van der Waals surface area contributed by atoms with Gasteiger partial charge in [0.05, 0.1) is 0 Å². The number of carboxylic acid groups (broad SMARTS) is 1. The van der Waals surface area contributed by atoms with Crippen molar-refractivity contribution in [3.63, 3.8) is 0 Å². The second-order valence-corrected chi connectivity index (χ2v) is 4.53. The molecule has 2 rings (SSSR count). The Balaban J connectivity index is 1.67. The lowest BCUT2D eigenvalue weighted by Gasteiger charge is -2.07. The summed E-state index contributed by atoms with van der Waals surface area (Å²) < 4.78 is 0. The van der Waals surface area contributed by atoms with E-state index in [1.165, 1.54) is 19.3 Å². The van der Waals surface area contributed by atoms with E-state index in [2.05, 4.69) is 16.7 Å². The SMILES string of the molecule is CCCCCCCCC1(C2(C(=O)O)OO2)OO1. The van der Waals surface area contributed by atoms with Crippen LogP contribution in [-0.4, -0.2) is 22.7 Å². The van der Waals surface area contributed by atoms with E-state index in [1.807, 2.05) is 0 Å². The van der Waals surface area contributed by atoms with Crippen LogP contribution in [0.15, 0.2) is 0 Å². The van der Waals surface area contributed by atoms with Gasteiger partial charge in [0.15, 0.2) is 0 Å². The molecule has 2 aliphatic rings. The van der Waals surface area contributed by atoms with Crippen LogP contribution in [0.1, 0.15) is 51.9 Å². The third kappa shape index (κ3) is 2.44.